The topological polar surface area (TPSA) is 84.9 Å². The van der Waals surface area contributed by atoms with E-state index in [9.17, 15) is 13.2 Å². The zero-order chi connectivity index (χ0) is 26.3. The molecule has 3 aromatic rings. The number of benzene rings is 3. The summed E-state index contributed by atoms with van der Waals surface area (Å²) in [6.07, 6.45) is 1.08. The molecule has 0 aromatic heterocycles. The number of sulfonamides is 1. The van der Waals surface area contributed by atoms with Crippen LogP contribution in [0.2, 0.25) is 0 Å². The number of para-hydroxylation sites is 2. The van der Waals surface area contributed by atoms with Gasteiger partial charge in [0.15, 0.2) is 0 Å². The Kier molecular flexibility index (Phi) is 8.63. The molecule has 0 unspecified atom stereocenters. The molecular formula is C28H34N2O5S. The Balaban J connectivity index is 1.63. The highest BCUT2D eigenvalue weighted by molar-refractivity contribution is 7.92. The van der Waals surface area contributed by atoms with Crippen LogP contribution < -0.4 is 19.1 Å². The smallest absolute Gasteiger partial charge is 0.243 e. The van der Waals surface area contributed by atoms with Gasteiger partial charge in [-0.1, -0.05) is 57.2 Å². The fraction of sp³-hybridized carbons (Fsp3) is 0.321. The van der Waals surface area contributed by atoms with Crippen molar-refractivity contribution in [1.82, 2.24) is 5.32 Å². The summed E-state index contributed by atoms with van der Waals surface area (Å²) < 4.78 is 38.0. The second kappa shape index (κ2) is 11.5. The van der Waals surface area contributed by atoms with E-state index in [1.807, 2.05) is 54.6 Å². The standard InChI is InChI=1S/C28H34N2O5S/c1-21(27(31)29-19-20-34-26-14-10-9-13-25(26)28(2,3)4)30(36(5,32)33)22-15-17-24(18-16-22)35-23-11-7-6-8-12-23/h6-18,21H,19-20H2,1-5H3,(H,29,31)/t21-/m1/s1. The van der Waals surface area contributed by atoms with Gasteiger partial charge in [0, 0.05) is 0 Å². The minimum absolute atomic E-state index is 0.0774. The number of carbonyl (C=O) groups excluding carboxylic acids is 1. The van der Waals surface area contributed by atoms with Crippen LogP contribution in [0.3, 0.4) is 0 Å². The van der Waals surface area contributed by atoms with Crippen LogP contribution in [0.4, 0.5) is 5.69 Å². The fourth-order valence-corrected chi connectivity index (χ4v) is 4.96. The van der Waals surface area contributed by atoms with E-state index in [2.05, 4.69) is 26.1 Å². The predicted molar refractivity (Wildman–Crippen MR) is 143 cm³/mol. The van der Waals surface area contributed by atoms with E-state index in [1.54, 1.807) is 31.2 Å². The van der Waals surface area contributed by atoms with Gasteiger partial charge in [-0.25, -0.2) is 8.42 Å². The number of amides is 1. The number of hydrogen-bond donors (Lipinski definition) is 1. The van der Waals surface area contributed by atoms with Gasteiger partial charge in [0.2, 0.25) is 15.9 Å². The van der Waals surface area contributed by atoms with Gasteiger partial charge >= 0.3 is 0 Å². The summed E-state index contributed by atoms with van der Waals surface area (Å²) in [5, 5.41) is 2.78. The number of ether oxygens (including phenoxy) is 2. The third-order valence-corrected chi connectivity index (χ3v) is 6.75. The first-order valence-electron chi connectivity index (χ1n) is 11.8. The maximum Gasteiger partial charge on any atom is 0.243 e. The lowest BCUT2D eigenvalue weighted by Crippen LogP contribution is -2.48. The summed E-state index contributed by atoms with van der Waals surface area (Å²) in [5.74, 6) is 1.58. The minimum Gasteiger partial charge on any atom is -0.491 e. The van der Waals surface area contributed by atoms with Crippen LogP contribution in [0, 0.1) is 0 Å². The monoisotopic (exact) mass is 510 g/mol. The number of rotatable bonds is 10. The molecule has 3 aromatic carbocycles. The zero-order valence-corrected chi connectivity index (χ0v) is 22.2. The van der Waals surface area contributed by atoms with E-state index in [1.165, 1.54) is 0 Å². The lowest BCUT2D eigenvalue weighted by Gasteiger charge is -2.28. The van der Waals surface area contributed by atoms with Crippen molar-refractivity contribution < 1.29 is 22.7 Å². The van der Waals surface area contributed by atoms with Gasteiger partial charge in [-0.05, 0) is 60.4 Å². The summed E-state index contributed by atoms with van der Waals surface area (Å²) >= 11 is 0. The van der Waals surface area contributed by atoms with Gasteiger partial charge in [0.25, 0.3) is 0 Å². The Morgan fingerprint density at radius 3 is 2.11 bits per heavy atom. The van der Waals surface area contributed by atoms with Crippen molar-refractivity contribution in [1.29, 1.82) is 0 Å². The van der Waals surface area contributed by atoms with E-state index in [0.717, 1.165) is 21.9 Å². The van der Waals surface area contributed by atoms with Crippen LogP contribution in [-0.4, -0.2) is 39.8 Å². The van der Waals surface area contributed by atoms with Crippen molar-refractivity contribution in [3.05, 3.63) is 84.4 Å². The van der Waals surface area contributed by atoms with E-state index in [-0.39, 0.29) is 18.6 Å². The third-order valence-electron chi connectivity index (χ3n) is 5.51. The Morgan fingerprint density at radius 1 is 0.917 bits per heavy atom. The summed E-state index contributed by atoms with van der Waals surface area (Å²) in [6.45, 7) is 8.38. The third kappa shape index (κ3) is 7.24. The first kappa shape index (κ1) is 27.1. The maximum atomic E-state index is 12.9. The van der Waals surface area contributed by atoms with Crippen molar-refractivity contribution in [3.8, 4) is 17.2 Å². The Labute approximate surface area is 214 Å². The van der Waals surface area contributed by atoms with Gasteiger partial charge in [-0.3, -0.25) is 9.10 Å². The van der Waals surface area contributed by atoms with Crippen molar-refractivity contribution in [3.63, 3.8) is 0 Å². The molecule has 0 bridgehead atoms. The van der Waals surface area contributed by atoms with Gasteiger partial charge in [-0.15, -0.1) is 0 Å². The number of nitrogens with zero attached hydrogens (tertiary/aromatic N) is 1. The van der Waals surface area contributed by atoms with E-state index in [0.29, 0.717) is 17.2 Å². The molecule has 192 valence electrons. The van der Waals surface area contributed by atoms with Gasteiger partial charge in [0.1, 0.15) is 29.9 Å². The van der Waals surface area contributed by atoms with E-state index in [4.69, 9.17) is 9.47 Å². The number of anilines is 1. The Morgan fingerprint density at radius 2 is 1.50 bits per heavy atom. The molecule has 0 saturated heterocycles. The molecule has 0 aliphatic carbocycles. The summed E-state index contributed by atoms with van der Waals surface area (Å²) in [5.41, 5.74) is 1.37. The van der Waals surface area contributed by atoms with Crippen LogP contribution in [0.1, 0.15) is 33.3 Å². The van der Waals surface area contributed by atoms with Crippen LogP contribution in [-0.2, 0) is 20.2 Å². The summed E-state index contributed by atoms with van der Waals surface area (Å²) in [6, 6.07) is 22.7. The number of hydrogen-bond acceptors (Lipinski definition) is 5. The Bertz CT molecular complexity index is 1250. The number of carbonyl (C=O) groups is 1. The lowest BCUT2D eigenvalue weighted by atomic mass is 9.86. The average Bonchev–Trinajstić information content (AvgIpc) is 2.82. The first-order chi connectivity index (χ1) is 17.0. The minimum atomic E-state index is -3.73. The highest BCUT2D eigenvalue weighted by Crippen LogP contribution is 2.31. The maximum absolute atomic E-state index is 12.9. The average molecular weight is 511 g/mol. The molecular weight excluding hydrogens is 476 g/mol. The van der Waals surface area contributed by atoms with Crippen LogP contribution >= 0.6 is 0 Å². The van der Waals surface area contributed by atoms with E-state index >= 15 is 0 Å². The van der Waals surface area contributed by atoms with Crippen LogP contribution in [0.5, 0.6) is 17.2 Å². The van der Waals surface area contributed by atoms with Gasteiger partial charge < -0.3 is 14.8 Å². The van der Waals surface area contributed by atoms with Crippen molar-refractivity contribution in [2.75, 3.05) is 23.7 Å². The van der Waals surface area contributed by atoms with Gasteiger partial charge in [0.05, 0.1) is 18.5 Å². The molecule has 8 heteroatoms. The molecule has 0 radical (unpaired) electrons. The van der Waals surface area contributed by atoms with Crippen molar-refractivity contribution >= 4 is 21.6 Å². The zero-order valence-electron chi connectivity index (χ0n) is 21.4. The highest BCUT2D eigenvalue weighted by Gasteiger charge is 2.29. The molecule has 0 fully saturated rings. The molecule has 0 saturated carbocycles. The quantitative estimate of drug-likeness (QED) is 0.383. The Hall–Kier alpha value is -3.52. The van der Waals surface area contributed by atoms with E-state index < -0.39 is 22.0 Å². The second-order valence-corrected chi connectivity index (χ2v) is 11.4. The van der Waals surface area contributed by atoms with Crippen LogP contribution in [0.25, 0.3) is 0 Å². The molecule has 36 heavy (non-hydrogen) atoms. The molecule has 1 N–H and O–H groups in total. The molecule has 0 heterocycles. The van der Waals surface area contributed by atoms with Crippen LogP contribution in [0.15, 0.2) is 78.9 Å². The molecule has 7 nitrogen and oxygen atoms in total. The normalized spacial score (nSPS) is 12.5. The SMILES string of the molecule is C[C@H](C(=O)NCCOc1ccccc1C(C)(C)C)N(c1ccc(Oc2ccccc2)cc1)S(C)(=O)=O. The molecule has 3 rings (SSSR count). The highest BCUT2D eigenvalue weighted by atomic mass is 32.2. The van der Waals surface area contributed by atoms with Crippen molar-refractivity contribution in [2.45, 2.75) is 39.2 Å². The second-order valence-electron chi connectivity index (χ2n) is 9.53. The van der Waals surface area contributed by atoms with Gasteiger partial charge in [-0.2, -0.15) is 0 Å². The molecule has 0 aliphatic heterocycles. The lowest BCUT2D eigenvalue weighted by molar-refractivity contribution is -0.121. The fourth-order valence-electron chi connectivity index (χ4n) is 3.79. The number of nitrogens with one attached hydrogen (secondary N) is 1. The first-order valence-corrected chi connectivity index (χ1v) is 13.6. The summed E-state index contributed by atoms with van der Waals surface area (Å²) in [4.78, 5) is 12.9. The molecule has 1 amide bonds. The van der Waals surface area contributed by atoms with Crippen molar-refractivity contribution in [2.24, 2.45) is 0 Å². The molecule has 0 spiro atoms. The summed E-state index contributed by atoms with van der Waals surface area (Å²) in [7, 11) is -3.73. The largest absolute Gasteiger partial charge is 0.491 e. The molecule has 0 aliphatic rings. The molecule has 1 atom stereocenters. The predicted octanol–water partition coefficient (Wildman–Crippen LogP) is 5.13.